The zero-order chi connectivity index (χ0) is 23.5. The van der Waals surface area contributed by atoms with Crippen LogP contribution in [0.3, 0.4) is 0 Å². The molecular formula is C24H24N4O5. The Morgan fingerprint density at radius 1 is 1.00 bits per heavy atom. The third-order valence-electron chi connectivity index (χ3n) is 5.11. The third-order valence-corrected chi connectivity index (χ3v) is 5.11. The molecule has 0 atom stereocenters. The van der Waals surface area contributed by atoms with Crippen LogP contribution in [0.2, 0.25) is 0 Å². The van der Waals surface area contributed by atoms with Crippen LogP contribution in [0.15, 0.2) is 53.3 Å². The average Bonchev–Trinajstić information content (AvgIpc) is 3.09. The lowest BCUT2D eigenvalue weighted by atomic mass is 10.2. The molecule has 0 aliphatic heterocycles. The second kappa shape index (κ2) is 9.15. The molecule has 0 saturated heterocycles. The molecule has 4 rings (SSSR count). The first kappa shape index (κ1) is 22.1. The van der Waals surface area contributed by atoms with Crippen LogP contribution in [0, 0.1) is 0 Å². The van der Waals surface area contributed by atoms with E-state index in [0.29, 0.717) is 29.4 Å². The number of rotatable bonds is 7. The highest BCUT2D eigenvalue weighted by atomic mass is 16.5. The quantitative estimate of drug-likeness (QED) is 0.400. The van der Waals surface area contributed by atoms with Crippen LogP contribution in [0.5, 0.6) is 11.5 Å². The van der Waals surface area contributed by atoms with E-state index in [9.17, 15) is 9.59 Å². The molecule has 9 nitrogen and oxygen atoms in total. The number of aromatic nitrogens is 4. The van der Waals surface area contributed by atoms with Gasteiger partial charge in [-0.15, -0.1) is 0 Å². The predicted molar refractivity (Wildman–Crippen MR) is 123 cm³/mol. The number of carbonyl (C=O) groups excluding carboxylic acids is 1. The van der Waals surface area contributed by atoms with E-state index in [1.54, 1.807) is 56.4 Å². The normalized spacial score (nSPS) is 10.9. The number of hydrogen-bond acceptors (Lipinski definition) is 7. The Morgan fingerprint density at radius 3 is 2.39 bits per heavy atom. The molecule has 0 N–H and O–H groups in total. The summed E-state index contributed by atoms with van der Waals surface area (Å²) in [5.74, 6) is 0.845. The van der Waals surface area contributed by atoms with Crippen molar-refractivity contribution in [3.05, 3.63) is 64.7 Å². The highest BCUT2D eigenvalue weighted by Gasteiger charge is 2.25. The van der Waals surface area contributed by atoms with Crippen molar-refractivity contribution in [2.45, 2.75) is 13.8 Å². The highest BCUT2D eigenvalue weighted by Crippen LogP contribution is 2.28. The molecule has 33 heavy (non-hydrogen) atoms. The standard InChI is InChI=1S/C24H24N4O5/c1-5-32-16-13-11-15(12-14-16)21-25-19(23(29)33-6-2)20-22(26-21)28(24(30)27(20)3)17-9-7-8-10-18(17)31-4/h7-14H,5-6H2,1-4H3. The van der Waals surface area contributed by atoms with Gasteiger partial charge >= 0.3 is 11.7 Å². The fourth-order valence-electron chi connectivity index (χ4n) is 3.61. The molecule has 0 amide bonds. The van der Waals surface area contributed by atoms with E-state index in [1.165, 1.54) is 16.2 Å². The van der Waals surface area contributed by atoms with Crippen molar-refractivity contribution in [3.8, 4) is 28.6 Å². The first-order chi connectivity index (χ1) is 16.0. The molecule has 0 saturated carbocycles. The highest BCUT2D eigenvalue weighted by molar-refractivity contribution is 6.00. The fraction of sp³-hybridized carbons (Fsp3) is 0.250. The maximum Gasteiger partial charge on any atom is 0.359 e. The van der Waals surface area contributed by atoms with Gasteiger partial charge < -0.3 is 14.2 Å². The summed E-state index contributed by atoms with van der Waals surface area (Å²) < 4.78 is 19.0. The lowest BCUT2D eigenvalue weighted by Crippen LogP contribution is -2.21. The van der Waals surface area contributed by atoms with Crippen molar-refractivity contribution >= 4 is 17.1 Å². The molecule has 2 aromatic heterocycles. The van der Waals surface area contributed by atoms with E-state index in [4.69, 9.17) is 14.2 Å². The molecule has 2 aromatic carbocycles. The Labute approximate surface area is 190 Å². The van der Waals surface area contributed by atoms with Gasteiger partial charge in [-0.3, -0.25) is 4.57 Å². The van der Waals surface area contributed by atoms with Crippen molar-refractivity contribution in [2.75, 3.05) is 20.3 Å². The van der Waals surface area contributed by atoms with Crippen LogP contribution in [0.4, 0.5) is 0 Å². The number of esters is 1. The number of aryl methyl sites for hydroxylation is 1. The number of methoxy groups -OCH3 is 1. The molecule has 0 aliphatic carbocycles. The molecule has 0 aliphatic rings. The van der Waals surface area contributed by atoms with Crippen LogP contribution in [0.25, 0.3) is 28.2 Å². The van der Waals surface area contributed by atoms with Crippen LogP contribution < -0.4 is 15.2 Å². The maximum absolute atomic E-state index is 13.3. The van der Waals surface area contributed by atoms with Crippen molar-refractivity contribution < 1.29 is 19.0 Å². The van der Waals surface area contributed by atoms with Gasteiger partial charge in [0.15, 0.2) is 17.2 Å². The number of ether oxygens (including phenoxy) is 3. The average molecular weight is 448 g/mol. The van der Waals surface area contributed by atoms with Crippen molar-refractivity contribution in [3.63, 3.8) is 0 Å². The van der Waals surface area contributed by atoms with Gasteiger partial charge in [-0.2, -0.15) is 0 Å². The van der Waals surface area contributed by atoms with E-state index in [2.05, 4.69) is 9.97 Å². The van der Waals surface area contributed by atoms with E-state index in [1.807, 2.05) is 13.0 Å². The number of benzene rings is 2. The van der Waals surface area contributed by atoms with Crippen LogP contribution in [-0.2, 0) is 11.8 Å². The van der Waals surface area contributed by atoms with Crippen molar-refractivity contribution in [1.29, 1.82) is 0 Å². The topological polar surface area (TPSA) is 97.5 Å². The largest absolute Gasteiger partial charge is 0.495 e. The van der Waals surface area contributed by atoms with Crippen LogP contribution in [-0.4, -0.2) is 45.4 Å². The van der Waals surface area contributed by atoms with Gasteiger partial charge in [0.05, 0.1) is 26.0 Å². The van der Waals surface area contributed by atoms with Crippen molar-refractivity contribution in [2.24, 2.45) is 7.05 Å². The molecule has 0 fully saturated rings. The molecule has 4 aromatic rings. The molecule has 0 spiro atoms. The molecule has 0 radical (unpaired) electrons. The number of nitrogens with zero attached hydrogens (tertiary/aromatic N) is 4. The van der Waals surface area contributed by atoms with E-state index < -0.39 is 11.7 Å². The summed E-state index contributed by atoms with van der Waals surface area (Å²) in [7, 11) is 3.10. The number of carbonyl (C=O) groups is 1. The zero-order valence-corrected chi connectivity index (χ0v) is 18.9. The van der Waals surface area contributed by atoms with E-state index >= 15 is 0 Å². The number of imidazole rings is 1. The summed E-state index contributed by atoms with van der Waals surface area (Å²) in [5.41, 5.74) is 1.33. The molecule has 0 bridgehead atoms. The van der Waals surface area contributed by atoms with Crippen LogP contribution >= 0.6 is 0 Å². The Morgan fingerprint density at radius 2 is 1.73 bits per heavy atom. The monoisotopic (exact) mass is 448 g/mol. The summed E-state index contributed by atoms with van der Waals surface area (Å²) >= 11 is 0. The summed E-state index contributed by atoms with van der Waals surface area (Å²) in [6, 6.07) is 14.3. The van der Waals surface area contributed by atoms with Gasteiger partial charge in [-0.25, -0.2) is 24.1 Å². The molecule has 2 heterocycles. The maximum atomic E-state index is 13.3. The van der Waals surface area contributed by atoms with Gasteiger partial charge in [0.1, 0.15) is 17.0 Å². The van der Waals surface area contributed by atoms with Crippen molar-refractivity contribution in [1.82, 2.24) is 19.1 Å². The second-order valence-corrected chi connectivity index (χ2v) is 7.09. The minimum atomic E-state index is -0.634. The Hall–Kier alpha value is -4.14. The fourth-order valence-corrected chi connectivity index (χ4v) is 3.61. The lowest BCUT2D eigenvalue weighted by molar-refractivity contribution is 0.0521. The van der Waals surface area contributed by atoms with Gasteiger partial charge in [0, 0.05) is 12.6 Å². The lowest BCUT2D eigenvalue weighted by Gasteiger charge is -2.10. The molecule has 9 heteroatoms. The summed E-state index contributed by atoms with van der Waals surface area (Å²) in [5, 5.41) is 0. The van der Waals surface area contributed by atoms with Gasteiger partial charge in [0.2, 0.25) is 0 Å². The minimum Gasteiger partial charge on any atom is -0.495 e. The van der Waals surface area contributed by atoms with E-state index in [0.717, 1.165) is 0 Å². The first-order valence-electron chi connectivity index (χ1n) is 10.5. The number of hydrogen-bond donors (Lipinski definition) is 0. The predicted octanol–water partition coefficient (Wildman–Crippen LogP) is 3.37. The van der Waals surface area contributed by atoms with Crippen LogP contribution in [0.1, 0.15) is 24.3 Å². The van der Waals surface area contributed by atoms with Gasteiger partial charge in [-0.1, -0.05) is 12.1 Å². The Bertz CT molecular complexity index is 1370. The summed E-state index contributed by atoms with van der Waals surface area (Å²) in [4.78, 5) is 35.3. The smallest absolute Gasteiger partial charge is 0.359 e. The Balaban J connectivity index is 2.03. The summed E-state index contributed by atoms with van der Waals surface area (Å²) in [6.07, 6.45) is 0. The summed E-state index contributed by atoms with van der Waals surface area (Å²) in [6.45, 7) is 4.33. The second-order valence-electron chi connectivity index (χ2n) is 7.09. The van der Waals surface area contributed by atoms with E-state index in [-0.39, 0.29) is 29.3 Å². The molecular weight excluding hydrogens is 424 g/mol. The van der Waals surface area contributed by atoms with Gasteiger partial charge in [-0.05, 0) is 50.2 Å². The molecule has 0 unspecified atom stereocenters. The molecule has 170 valence electrons. The third kappa shape index (κ3) is 3.93. The number of fused-ring (bicyclic) bond motifs is 1. The first-order valence-corrected chi connectivity index (χ1v) is 10.5. The SMILES string of the molecule is CCOC(=O)c1nc(-c2ccc(OCC)cc2)nc2c1n(C)c(=O)n2-c1ccccc1OC. The Kier molecular flexibility index (Phi) is 6.12. The number of para-hydroxylation sites is 2. The van der Waals surface area contributed by atoms with Gasteiger partial charge in [0.25, 0.3) is 0 Å². The minimum absolute atomic E-state index is 0.0129. The zero-order valence-electron chi connectivity index (χ0n) is 18.9.